The summed E-state index contributed by atoms with van der Waals surface area (Å²) in [6.07, 6.45) is 0. The Bertz CT molecular complexity index is 565. The van der Waals surface area contributed by atoms with Crippen molar-refractivity contribution in [1.82, 2.24) is 20.2 Å². The molecule has 1 saturated heterocycles. The van der Waals surface area contributed by atoms with E-state index in [0.29, 0.717) is 0 Å². The maximum absolute atomic E-state index is 4.79. The van der Waals surface area contributed by atoms with Gasteiger partial charge in [0.2, 0.25) is 0 Å². The number of hydrogen-bond donors (Lipinski definition) is 2. The molecule has 2 heterocycles. The Morgan fingerprint density at radius 3 is 2.50 bits per heavy atom. The van der Waals surface area contributed by atoms with Gasteiger partial charge in [0.25, 0.3) is 0 Å². The van der Waals surface area contributed by atoms with E-state index in [1.807, 2.05) is 0 Å². The van der Waals surface area contributed by atoms with Crippen LogP contribution in [0.2, 0.25) is 0 Å². The van der Waals surface area contributed by atoms with Crippen LogP contribution in [0.3, 0.4) is 0 Å². The summed E-state index contributed by atoms with van der Waals surface area (Å²) in [5, 5.41) is 3.38. The van der Waals surface area contributed by atoms with Gasteiger partial charge in [0.1, 0.15) is 5.82 Å². The molecule has 1 aromatic carbocycles. The van der Waals surface area contributed by atoms with Crippen molar-refractivity contribution in [2.45, 2.75) is 20.4 Å². The maximum atomic E-state index is 4.79. The Balaban J connectivity index is 1.78. The third-order valence-electron chi connectivity index (χ3n) is 3.89. The lowest BCUT2D eigenvalue weighted by molar-refractivity contribution is 0.230. The number of hydrogen-bond acceptors (Lipinski definition) is 3. The molecular weight excluding hydrogens is 248 g/mol. The summed E-state index contributed by atoms with van der Waals surface area (Å²) in [6.45, 7) is 9.52. The summed E-state index contributed by atoms with van der Waals surface area (Å²) < 4.78 is 0. The number of imidazole rings is 1. The zero-order chi connectivity index (χ0) is 13.9. The largest absolute Gasteiger partial charge is 0.342 e. The third kappa shape index (κ3) is 2.92. The first-order valence-corrected chi connectivity index (χ1v) is 7.28. The third-order valence-corrected chi connectivity index (χ3v) is 3.89. The first-order chi connectivity index (χ1) is 9.72. The van der Waals surface area contributed by atoms with Gasteiger partial charge in [0, 0.05) is 44.0 Å². The highest BCUT2D eigenvalue weighted by Gasteiger charge is 2.14. The van der Waals surface area contributed by atoms with Gasteiger partial charge in [-0.05, 0) is 13.8 Å². The molecule has 2 N–H and O–H groups in total. The van der Waals surface area contributed by atoms with Crippen LogP contribution >= 0.6 is 0 Å². The van der Waals surface area contributed by atoms with Crippen molar-refractivity contribution in [2.75, 3.05) is 26.2 Å². The summed E-state index contributed by atoms with van der Waals surface area (Å²) >= 11 is 0. The number of aryl methyl sites for hydroxylation is 2. The van der Waals surface area contributed by atoms with E-state index in [1.54, 1.807) is 0 Å². The van der Waals surface area contributed by atoms with Crippen LogP contribution in [0.4, 0.5) is 0 Å². The predicted molar refractivity (Wildman–Crippen MR) is 81.6 cm³/mol. The van der Waals surface area contributed by atoms with E-state index in [4.69, 9.17) is 4.98 Å². The molecule has 1 aliphatic rings. The van der Waals surface area contributed by atoms with Gasteiger partial charge >= 0.3 is 0 Å². The minimum atomic E-state index is 0.940. The average molecular weight is 270 g/mol. The first-order valence-electron chi connectivity index (χ1n) is 7.28. The molecule has 4 heteroatoms. The summed E-state index contributed by atoms with van der Waals surface area (Å²) in [5.74, 6) is 0.979. The molecule has 1 aliphatic heterocycles. The van der Waals surface area contributed by atoms with Crippen LogP contribution in [-0.2, 0) is 6.54 Å². The quantitative estimate of drug-likeness (QED) is 0.897. The Hall–Kier alpha value is -1.65. The lowest BCUT2D eigenvalue weighted by Gasteiger charge is -2.26. The minimum Gasteiger partial charge on any atom is -0.342 e. The second kappa shape index (κ2) is 5.77. The van der Waals surface area contributed by atoms with Crippen molar-refractivity contribution in [1.29, 1.82) is 0 Å². The molecular formula is C16H22N4. The lowest BCUT2D eigenvalue weighted by Crippen LogP contribution is -2.43. The highest BCUT2D eigenvalue weighted by Crippen LogP contribution is 2.19. The second-order valence-corrected chi connectivity index (χ2v) is 5.55. The molecule has 20 heavy (non-hydrogen) atoms. The van der Waals surface area contributed by atoms with Gasteiger partial charge in [-0.3, -0.25) is 4.90 Å². The van der Waals surface area contributed by atoms with Gasteiger partial charge < -0.3 is 10.3 Å². The zero-order valence-corrected chi connectivity index (χ0v) is 12.2. The Morgan fingerprint density at radius 2 is 1.80 bits per heavy atom. The molecule has 0 aliphatic carbocycles. The van der Waals surface area contributed by atoms with Gasteiger partial charge in [-0.25, -0.2) is 4.98 Å². The molecule has 0 saturated carbocycles. The molecule has 1 fully saturated rings. The topological polar surface area (TPSA) is 44.0 Å². The van der Waals surface area contributed by atoms with Crippen molar-refractivity contribution in [2.24, 2.45) is 0 Å². The first kappa shape index (κ1) is 13.3. The van der Waals surface area contributed by atoms with Crippen molar-refractivity contribution in [3.05, 3.63) is 41.2 Å². The maximum Gasteiger partial charge on any atom is 0.137 e. The number of piperazine rings is 1. The van der Waals surface area contributed by atoms with Gasteiger partial charge in [0.05, 0.1) is 5.69 Å². The van der Waals surface area contributed by atoms with Gasteiger partial charge in [-0.1, -0.05) is 29.8 Å². The van der Waals surface area contributed by atoms with Gasteiger partial charge in [-0.15, -0.1) is 0 Å². The number of nitrogens with zero attached hydrogens (tertiary/aromatic N) is 2. The van der Waals surface area contributed by atoms with Crippen LogP contribution in [0.15, 0.2) is 24.3 Å². The van der Waals surface area contributed by atoms with E-state index in [9.17, 15) is 0 Å². The fraction of sp³-hybridized carbons (Fsp3) is 0.438. The van der Waals surface area contributed by atoms with Crippen molar-refractivity contribution in [3.63, 3.8) is 0 Å². The van der Waals surface area contributed by atoms with Crippen LogP contribution in [0.25, 0.3) is 11.4 Å². The number of aromatic nitrogens is 2. The molecule has 0 radical (unpaired) electrons. The summed E-state index contributed by atoms with van der Waals surface area (Å²) in [7, 11) is 0. The van der Waals surface area contributed by atoms with Crippen LogP contribution in [0.5, 0.6) is 0 Å². The molecule has 1 aromatic heterocycles. The molecule has 3 rings (SSSR count). The summed E-state index contributed by atoms with van der Waals surface area (Å²) in [5.41, 5.74) is 4.78. The smallest absolute Gasteiger partial charge is 0.137 e. The molecule has 0 unspecified atom stereocenters. The van der Waals surface area contributed by atoms with E-state index in [-0.39, 0.29) is 0 Å². The number of aromatic amines is 1. The molecule has 0 atom stereocenters. The normalized spacial score (nSPS) is 16.5. The van der Waals surface area contributed by atoms with Crippen molar-refractivity contribution in [3.8, 4) is 11.4 Å². The van der Waals surface area contributed by atoms with Crippen molar-refractivity contribution < 1.29 is 0 Å². The van der Waals surface area contributed by atoms with Crippen LogP contribution < -0.4 is 5.32 Å². The number of benzene rings is 1. The standard InChI is InChI=1S/C16H22N4/c1-12-3-5-14(6-4-12)16-18-13(2)15(19-16)11-20-9-7-17-8-10-20/h3-6,17H,7-11H2,1-2H3,(H,18,19). The molecule has 2 aromatic rings. The number of H-pyrrole nitrogens is 1. The van der Waals surface area contributed by atoms with E-state index >= 15 is 0 Å². The minimum absolute atomic E-state index is 0.940. The zero-order valence-electron chi connectivity index (χ0n) is 12.2. The van der Waals surface area contributed by atoms with Crippen LogP contribution in [0, 0.1) is 13.8 Å². The Morgan fingerprint density at radius 1 is 1.10 bits per heavy atom. The second-order valence-electron chi connectivity index (χ2n) is 5.55. The Kier molecular flexibility index (Phi) is 3.85. The van der Waals surface area contributed by atoms with Crippen LogP contribution in [-0.4, -0.2) is 41.0 Å². The van der Waals surface area contributed by atoms with E-state index in [2.05, 4.69) is 53.3 Å². The molecule has 4 nitrogen and oxygen atoms in total. The fourth-order valence-corrected chi connectivity index (χ4v) is 2.58. The summed E-state index contributed by atoms with van der Waals surface area (Å²) in [4.78, 5) is 10.7. The average Bonchev–Trinajstić information content (AvgIpc) is 2.82. The summed E-state index contributed by atoms with van der Waals surface area (Å²) in [6, 6.07) is 8.51. The molecule has 0 bridgehead atoms. The van der Waals surface area contributed by atoms with Gasteiger partial charge in [0.15, 0.2) is 0 Å². The number of nitrogens with one attached hydrogen (secondary N) is 2. The fourth-order valence-electron chi connectivity index (χ4n) is 2.58. The number of rotatable bonds is 3. The predicted octanol–water partition coefficient (Wildman–Crippen LogP) is 2.10. The molecule has 0 amide bonds. The van der Waals surface area contributed by atoms with E-state index < -0.39 is 0 Å². The Labute approximate surface area is 120 Å². The highest BCUT2D eigenvalue weighted by molar-refractivity contribution is 5.56. The molecule has 0 spiro atoms. The van der Waals surface area contributed by atoms with E-state index in [0.717, 1.165) is 44.1 Å². The van der Waals surface area contributed by atoms with Crippen LogP contribution in [0.1, 0.15) is 17.0 Å². The van der Waals surface area contributed by atoms with Gasteiger partial charge in [-0.2, -0.15) is 0 Å². The monoisotopic (exact) mass is 270 g/mol. The lowest BCUT2D eigenvalue weighted by atomic mass is 10.1. The SMILES string of the molecule is Cc1ccc(-c2nc(CN3CCNCC3)c(C)[nH]2)cc1. The highest BCUT2D eigenvalue weighted by atomic mass is 15.2. The van der Waals surface area contributed by atoms with E-state index in [1.165, 1.54) is 17.0 Å². The van der Waals surface area contributed by atoms with Crippen molar-refractivity contribution >= 4 is 0 Å². The molecule has 106 valence electrons.